The fraction of sp³-hybridized carbons (Fsp3) is 0.381. The van der Waals surface area contributed by atoms with Crippen molar-refractivity contribution in [2.75, 3.05) is 24.8 Å². The number of benzene rings is 1. The maximum Gasteiger partial charge on any atom is 0.417 e. The SMILES string of the molecule is COc1c(C2CO[C@@](C)(C(F)(F)F)C2C)ccc(F)c1F.N=C(N)c1nccc(NC=O)c1N. The molecule has 0 spiro atoms. The molecular weight excluding hydrogens is 465 g/mol. The molecule has 6 N–H and O–H groups in total. The number of amides is 1. The summed E-state index contributed by atoms with van der Waals surface area (Å²) in [6, 6.07) is 3.64. The third-order valence-electron chi connectivity index (χ3n) is 5.74. The van der Waals surface area contributed by atoms with Crippen LogP contribution < -0.4 is 21.5 Å². The molecule has 1 saturated heterocycles. The summed E-state index contributed by atoms with van der Waals surface area (Å²) in [4.78, 5) is 13.9. The van der Waals surface area contributed by atoms with Crippen molar-refractivity contribution in [2.45, 2.75) is 31.5 Å². The first-order chi connectivity index (χ1) is 15.8. The standard InChI is InChI=1S/C14H15F5O2.C7H9N5O/c1-7-9(6-21-13(7,2)14(17,18)19)8-4-5-10(15)11(16)12(8)20-3;8-5-4(12-3-13)1-2-11-6(5)7(9)10/h4-5,7,9H,6H2,1-3H3;1-3H,8H2,(H3,9,10)(H,11,12,13)/t7?,9?,13-;/m1./s1. The maximum atomic E-state index is 13.7. The monoisotopic (exact) mass is 489 g/mol. The number of pyridine rings is 1. The van der Waals surface area contributed by atoms with Gasteiger partial charge in [0.15, 0.2) is 17.2 Å². The molecule has 0 saturated carbocycles. The summed E-state index contributed by atoms with van der Waals surface area (Å²) in [5, 5.41) is 9.50. The third-order valence-corrected chi connectivity index (χ3v) is 5.74. The zero-order valence-corrected chi connectivity index (χ0v) is 18.5. The number of nitrogen functional groups attached to an aromatic ring is 2. The summed E-state index contributed by atoms with van der Waals surface area (Å²) in [5.41, 5.74) is 9.39. The molecule has 1 aliphatic heterocycles. The molecule has 1 fully saturated rings. The average Bonchev–Trinajstić information content (AvgIpc) is 3.07. The van der Waals surface area contributed by atoms with Gasteiger partial charge in [-0.2, -0.15) is 17.6 Å². The molecule has 1 aromatic heterocycles. The molecule has 34 heavy (non-hydrogen) atoms. The first-order valence-corrected chi connectivity index (χ1v) is 9.81. The number of rotatable bonds is 5. The van der Waals surface area contributed by atoms with Gasteiger partial charge in [0.25, 0.3) is 0 Å². The lowest BCUT2D eigenvalue weighted by Gasteiger charge is -2.32. The summed E-state index contributed by atoms with van der Waals surface area (Å²) < 4.78 is 76.0. The van der Waals surface area contributed by atoms with E-state index in [1.807, 2.05) is 0 Å². The van der Waals surface area contributed by atoms with Crippen molar-refractivity contribution in [1.82, 2.24) is 4.98 Å². The Morgan fingerprint density at radius 1 is 1.35 bits per heavy atom. The van der Waals surface area contributed by atoms with Crippen LogP contribution in [0.3, 0.4) is 0 Å². The van der Waals surface area contributed by atoms with Gasteiger partial charge in [-0.3, -0.25) is 15.2 Å². The maximum absolute atomic E-state index is 13.7. The number of nitrogens with zero attached hydrogens (tertiary/aromatic N) is 1. The van der Waals surface area contributed by atoms with E-state index in [9.17, 15) is 26.7 Å². The van der Waals surface area contributed by atoms with Crippen LogP contribution in [0, 0.1) is 23.0 Å². The number of hydrogen-bond acceptors (Lipinski definition) is 6. The molecule has 0 aliphatic carbocycles. The van der Waals surface area contributed by atoms with E-state index in [4.69, 9.17) is 26.4 Å². The highest BCUT2D eigenvalue weighted by Crippen LogP contribution is 2.51. The molecule has 186 valence electrons. The summed E-state index contributed by atoms with van der Waals surface area (Å²) >= 11 is 0. The van der Waals surface area contributed by atoms with Gasteiger partial charge in [0.05, 0.1) is 25.1 Å². The molecule has 8 nitrogen and oxygen atoms in total. The predicted molar refractivity (Wildman–Crippen MR) is 115 cm³/mol. The molecule has 0 bridgehead atoms. The van der Waals surface area contributed by atoms with Crippen molar-refractivity contribution in [3.63, 3.8) is 0 Å². The van der Waals surface area contributed by atoms with Gasteiger partial charge in [0.1, 0.15) is 11.5 Å². The van der Waals surface area contributed by atoms with Gasteiger partial charge in [-0.1, -0.05) is 13.0 Å². The number of amidine groups is 1. The highest BCUT2D eigenvalue weighted by Gasteiger charge is 2.61. The van der Waals surface area contributed by atoms with Crippen LogP contribution in [-0.2, 0) is 9.53 Å². The van der Waals surface area contributed by atoms with Crippen LogP contribution in [0.25, 0.3) is 0 Å². The van der Waals surface area contributed by atoms with E-state index < -0.39 is 35.2 Å². The van der Waals surface area contributed by atoms with Gasteiger partial charge in [0.2, 0.25) is 12.2 Å². The fourth-order valence-corrected chi connectivity index (χ4v) is 3.55. The van der Waals surface area contributed by atoms with Crippen LogP contribution in [0.4, 0.5) is 33.3 Å². The van der Waals surface area contributed by atoms with E-state index in [0.29, 0.717) is 12.1 Å². The van der Waals surface area contributed by atoms with Crippen LogP contribution in [0.1, 0.15) is 31.0 Å². The highest BCUT2D eigenvalue weighted by atomic mass is 19.4. The van der Waals surface area contributed by atoms with Crippen molar-refractivity contribution in [3.8, 4) is 5.75 Å². The second kappa shape index (κ2) is 10.2. The molecule has 0 radical (unpaired) electrons. The second-order valence-corrected chi connectivity index (χ2v) is 7.59. The minimum Gasteiger partial charge on any atom is -0.493 e. The van der Waals surface area contributed by atoms with Crippen molar-refractivity contribution in [3.05, 3.63) is 47.3 Å². The number of anilines is 2. The van der Waals surface area contributed by atoms with E-state index in [2.05, 4.69) is 10.3 Å². The summed E-state index contributed by atoms with van der Waals surface area (Å²) in [5.74, 6) is -4.62. The molecule has 3 rings (SSSR count). The zero-order chi connectivity index (χ0) is 25.8. The van der Waals surface area contributed by atoms with Crippen molar-refractivity contribution >= 4 is 23.6 Å². The lowest BCUT2D eigenvalue weighted by molar-refractivity contribution is -0.266. The van der Waals surface area contributed by atoms with E-state index >= 15 is 0 Å². The average molecular weight is 489 g/mol. The highest BCUT2D eigenvalue weighted by molar-refractivity contribution is 6.01. The molecule has 1 aromatic carbocycles. The molecule has 1 aliphatic rings. The van der Waals surface area contributed by atoms with Gasteiger partial charge in [0, 0.05) is 23.6 Å². The molecule has 13 heteroatoms. The zero-order valence-electron chi connectivity index (χ0n) is 18.5. The smallest absolute Gasteiger partial charge is 0.417 e. The Morgan fingerprint density at radius 2 is 2.00 bits per heavy atom. The Balaban J connectivity index is 0.000000270. The Labute approximate surface area is 191 Å². The minimum atomic E-state index is -4.55. The summed E-state index contributed by atoms with van der Waals surface area (Å²) in [6.07, 6.45) is -2.64. The van der Waals surface area contributed by atoms with Gasteiger partial charge >= 0.3 is 6.18 Å². The number of aromatic nitrogens is 1. The van der Waals surface area contributed by atoms with Crippen molar-refractivity contribution in [2.24, 2.45) is 11.7 Å². The van der Waals surface area contributed by atoms with Gasteiger partial charge in [-0.25, -0.2) is 4.39 Å². The van der Waals surface area contributed by atoms with Gasteiger partial charge in [-0.15, -0.1) is 0 Å². The number of methoxy groups -OCH3 is 1. The topological polar surface area (TPSA) is 136 Å². The van der Waals surface area contributed by atoms with Crippen molar-refractivity contribution in [1.29, 1.82) is 5.41 Å². The number of alkyl halides is 3. The Bertz CT molecular complexity index is 1070. The van der Waals surface area contributed by atoms with E-state index in [1.165, 1.54) is 25.3 Å². The third kappa shape index (κ3) is 5.03. The Hall–Kier alpha value is -3.48. The van der Waals surface area contributed by atoms with Crippen LogP contribution in [0.5, 0.6) is 5.75 Å². The first kappa shape index (κ1) is 26.8. The number of nitrogens with two attached hydrogens (primary N) is 2. The van der Waals surface area contributed by atoms with E-state index in [1.54, 1.807) is 0 Å². The normalized spacial score (nSPS) is 21.9. The first-order valence-electron chi connectivity index (χ1n) is 9.81. The number of nitrogens with one attached hydrogen (secondary N) is 2. The molecule has 2 unspecified atom stereocenters. The molecule has 2 aromatic rings. The number of carbonyl (C=O) groups excluding carboxylic acids is 1. The van der Waals surface area contributed by atoms with E-state index in [0.717, 1.165) is 20.1 Å². The number of ether oxygens (including phenoxy) is 2. The molecule has 3 atom stereocenters. The largest absolute Gasteiger partial charge is 0.493 e. The molecular formula is C21H24F5N5O3. The fourth-order valence-electron chi connectivity index (χ4n) is 3.55. The van der Waals surface area contributed by atoms with Crippen LogP contribution in [0.15, 0.2) is 24.4 Å². The lowest BCUT2D eigenvalue weighted by Crippen LogP contribution is -2.46. The minimum absolute atomic E-state index is 0.173. The van der Waals surface area contributed by atoms with Crippen molar-refractivity contribution < 1.29 is 36.2 Å². The van der Waals surface area contributed by atoms with Gasteiger partial charge in [-0.05, 0) is 19.1 Å². The molecule has 2 heterocycles. The predicted octanol–water partition coefficient (Wildman–Crippen LogP) is 3.56. The van der Waals surface area contributed by atoms with Crippen LogP contribution in [-0.4, -0.2) is 42.7 Å². The van der Waals surface area contributed by atoms with Crippen LogP contribution >= 0.6 is 0 Å². The molecule has 1 amide bonds. The summed E-state index contributed by atoms with van der Waals surface area (Å²) in [7, 11) is 1.14. The quantitative estimate of drug-likeness (QED) is 0.219. The second-order valence-electron chi connectivity index (χ2n) is 7.59. The number of carbonyl (C=O) groups is 1. The van der Waals surface area contributed by atoms with Gasteiger partial charge < -0.3 is 26.3 Å². The summed E-state index contributed by atoms with van der Waals surface area (Å²) in [6.45, 7) is 2.11. The number of hydrogen-bond donors (Lipinski definition) is 4. The Morgan fingerprint density at radius 3 is 2.50 bits per heavy atom. The van der Waals surface area contributed by atoms with E-state index in [-0.39, 0.29) is 35.1 Å². The Kier molecular flexibility index (Phi) is 8.03. The van der Waals surface area contributed by atoms with Crippen LogP contribution in [0.2, 0.25) is 0 Å². The lowest BCUT2D eigenvalue weighted by atomic mass is 9.79. The number of halogens is 5.